The van der Waals surface area contributed by atoms with Gasteiger partial charge in [-0.05, 0) is 30.6 Å². The number of nitrogens with one attached hydrogen (secondary N) is 1. The third-order valence-electron chi connectivity index (χ3n) is 5.75. The van der Waals surface area contributed by atoms with Gasteiger partial charge in [0.05, 0.1) is 18.6 Å². The molecule has 1 spiro atoms. The van der Waals surface area contributed by atoms with Gasteiger partial charge in [0.15, 0.2) is 5.82 Å². The molecule has 1 amide bonds. The Labute approximate surface area is 150 Å². The summed E-state index contributed by atoms with van der Waals surface area (Å²) in [5.74, 6) is 0.385. The zero-order valence-electron chi connectivity index (χ0n) is 14.5. The average Bonchev–Trinajstić information content (AvgIpc) is 3.12. The van der Waals surface area contributed by atoms with Gasteiger partial charge in [0.2, 0.25) is 11.9 Å². The molecule has 1 unspecified atom stereocenters. The van der Waals surface area contributed by atoms with Crippen molar-refractivity contribution < 1.29 is 9.18 Å². The first kappa shape index (κ1) is 16.9. The molecule has 2 aromatic rings. The predicted molar refractivity (Wildman–Crippen MR) is 91.6 cm³/mol. The SMILES string of the molecule is O=C(Cn1ccnn1)NCC1CN(c2ncc(F)cn2)CCC12CCC2. The maximum absolute atomic E-state index is 13.1. The van der Waals surface area contributed by atoms with Crippen molar-refractivity contribution in [3.05, 3.63) is 30.6 Å². The van der Waals surface area contributed by atoms with Gasteiger partial charge in [-0.3, -0.25) is 4.79 Å². The second kappa shape index (κ2) is 6.97. The Morgan fingerprint density at radius 3 is 2.77 bits per heavy atom. The molecule has 2 aromatic heterocycles. The normalized spacial score (nSPS) is 21.4. The molecule has 1 N–H and O–H groups in total. The van der Waals surface area contributed by atoms with Gasteiger partial charge >= 0.3 is 0 Å². The number of carbonyl (C=O) groups excluding carboxylic acids is 1. The Balaban J connectivity index is 1.39. The minimum absolute atomic E-state index is 0.0693. The van der Waals surface area contributed by atoms with Gasteiger partial charge in [-0.2, -0.15) is 0 Å². The Morgan fingerprint density at radius 1 is 1.31 bits per heavy atom. The number of carbonyl (C=O) groups is 1. The molecule has 4 rings (SSSR count). The lowest BCUT2D eigenvalue weighted by atomic mass is 9.57. The van der Waals surface area contributed by atoms with E-state index in [1.54, 1.807) is 12.4 Å². The molecule has 3 heterocycles. The fraction of sp³-hybridized carbons (Fsp3) is 0.588. The Morgan fingerprint density at radius 2 is 2.12 bits per heavy atom. The summed E-state index contributed by atoms with van der Waals surface area (Å²) in [6, 6.07) is 0. The number of rotatable bonds is 5. The van der Waals surface area contributed by atoms with Crippen LogP contribution in [0.15, 0.2) is 24.8 Å². The highest BCUT2D eigenvalue weighted by atomic mass is 19.1. The zero-order chi connectivity index (χ0) is 18.0. The summed E-state index contributed by atoms with van der Waals surface area (Å²) in [5.41, 5.74) is 0.303. The molecule has 1 saturated heterocycles. The number of hydrogen-bond donors (Lipinski definition) is 1. The van der Waals surface area contributed by atoms with Crippen LogP contribution in [0.5, 0.6) is 0 Å². The van der Waals surface area contributed by atoms with E-state index in [1.165, 1.54) is 36.3 Å². The summed E-state index contributed by atoms with van der Waals surface area (Å²) >= 11 is 0. The van der Waals surface area contributed by atoms with E-state index in [2.05, 4.69) is 30.5 Å². The maximum Gasteiger partial charge on any atom is 0.241 e. The molecule has 1 aliphatic heterocycles. The van der Waals surface area contributed by atoms with Crippen LogP contribution in [0.3, 0.4) is 0 Å². The van der Waals surface area contributed by atoms with Crippen LogP contribution < -0.4 is 10.2 Å². The van der Waals surface area contributed by atoms with Crippen LogP contribution in [-0.2, 0) is 11.3 Å². The van der Waals surface area contributed by atoms with Crippen molar-refractivity contribution in [1.29, 1.82) is 0 Å². The van der Waals surface area contributed by atoms with Crippen molar-refractivity contribution in [2.24, 2.45) is 11.3 Å². The number of amides is 1. The first-order chi connectivity index (χ1) is 12.6. The van der Waals surface area contributed by atoms with Gasteiger partial charge in [-0.25, -0.2) is 19.0 Å². The molecule has 0 aromatic carbocycles. The number of piperidine rings is 1. The van der Waals surface area contributed by atoms with Gasteiger partial charge in [0.25, 0.3) is 0 Å². The van der Waals surface area contributed by atoms with E-state index >= 15 is 0 Å². The highest BCUT2D eigenvalue weighted by molar-refractivity contribution is 5.75. The number of halogens is 1. The van der Waals surface area contributed by atoms with E-state index in [-0.39, 0.29) is 12.5 Å². The second-order valence-corrected chi connectivity index (χ2v) is 7.21. The van der Waals surface area contributed by atoms with Crippen LogP contribution in [0.2, 0.25) is 0 Å². The van der Waals surface area contributed by atoms with Crippen molar-refractivity contribution in [2.45, 2.75) is 32.2 Å². The largest absolute Gasteiger partial charge is 0.354 e. The summed E-state index contributed by atoms with van der Waals surface area (Å²) < 4.78 is 14.6. The Hall–Kier alpha value is -2.58. The molecule has 138 valence electrons. The van der Waals surface area contributed by atoms with Crippen molar-refractivity contribution in [2.75, 3.05) is 24.5 Å². The molecular formula is C17H22FN7O. The average molecular weight is 359 g/mol. The number of nitrogens with zero attached hydrogens (tertiary/aromatic N) is 6. The fourth-order valence-electron chi connectivity index (χ4n) is 4.09. The second-order valence-electron chi connectivity index (χ2n) is 7.21. The quantitative estimate of drug-likeness (QED) is 0.857. The Kier molecular flexibility index (Phi) is 4.52. The monoisotopic (exact) mass is 359 g/mol. The van der Waals surface area contributed by atoms with E-state index in [4.69, 9.17) is 0 Å². The molecule has 2 aliphatic rings. The highest BCUT2D eigenvalue weighted by Crippen LogP contribution is 2.52. The van der Waals surface area contributed by atoms with Crippen LogP contribution in [0.4, 0.5) is 10.3 Å². The minimum Gasteiger partial charge on any atom is -0.354 e. The van der Waals surface area contributed by atoms with E-state index in [0.29, 0.717) is 23.8 Å². The van der Waals surface area contributed by atoms with Crippen LogP contribution in [0.1, 0.15) is 25.7 Å². The molecule has 9 heteroatoms. The van der Waals surface area contributed by atoms with Crippen molar-refractivity contribution in [1.82, 2.24) is 30.3 Å². The minimum atomic E-state index is -0.432. The van der Waals surface area contributed by atoms with Crippen LogP contribution in [0, 0.1) is 17.2 Å². The number of hydrogen-bond acceptors (Lipinski definition) is 6. The van der Waals surface area contributed by atoms with Crippen molar-refractivity contribution in [3.63, 3.8) is 0 Å². The fourth-order valence-corrected chi connectivity index (χ4v) is 4.09. The van der Waals surface area contributed by atoms with Gasteiger partial charge < -0.3 is 10.2 Å². The van der Waals surface area contributed by atoms with Crippen LogP contribution in [0.25, 0.3) is 0 Å². The maximum atomic E-state index is 13.1. The predicted octanol–water partition coefficient (Wildman–Crippen LogP) is 1.02. The summed E-state index contributed by atoms with van der Waals surface area (Å²) in [7, 11) is 0. The third kappa shape index (κ3) is 3.38. The molecule has 1 atom stereocenters. The number of anilines is 1. The van der Waals surface area contributed by atoms with Gasteiger partial charge in [-0.1, -0.05) is 11.6 Å². The van der Waals surface area contributed by atoms with E-state index < -0.39 is 5.82 Å². The van der Waals surface area contributed by atoms with Crippen molar-refractivity contribution >= 4 is 11.9 Å². The topological polar surface area (TPSA) is 88.8 Å². The molecule has 1 saturated carbocycles. The third-order valence-corrected chi connectivity index (χ3v) is 5.75. The molecule has 26 heavy (non-hydrogen) atoms. The highest BCUT2D eigenvalue weighted by Gasteiger charge is 2.47. The summed E-state index contributed by atoms with van der Waals surface area (Å²) in [6.07, 6.45) is 10.3. The molecule has 0 radical (unpaired) electrons. The summed E-state index contributed by atoms with van der Waals surface area (Å²) in [5, 5.41) is 10.6. The van der Waals surface area contributed by atoms with Gasteiger partial charge in [0, 0.05) is 25.8 Å². The van der Waals surface area contributed by atoms with E-state index in [1.807, 2.05) is 0 Å². The molecule has 2 fully saturated rings. The summed E-state index contributed by atoms with van der Waals surface area (Å²) in [6.45, 7) is 2.43. The first-order valence-corrected chi connectivity index (χ1v) is 8.98. The van der Waals surface area contributed by atoms with E-state index in [9.17, 15) is 9.18 Å². The Bertz CT molecular complexity index is 745. The first-order valence-electron chi connectivity index (χ1n) is 8.98. The van der Waals surface area contributed by atoms with Gasteiger partial charge in [0.1, 0.15) is 6.54 Å². The van der Waals surface area contributed by atoms with Crippen molar-refractivity contribution in [3.8, 4) is 0 Å². The lowest BCUT2D eigenvalue weighted by molar-refractivity contribution is -0.122. The molecule has 0 bridgehead atoms. The van der Waals surface area contributed by atoms with Gasteiger partial charge in [-0.15, -0.1) is 5.10 Å². The summed E-state index contributed by atoms with van der Waals surface area (Å²) in [4.78, 5) is 22.5. The standard InChI is InChI=1S/C17H22FN7O/c18-14-9-20-16(21-10-14)24-6-4-17(2-1-3-17)13(11-24)8-19-15(26)12-25-7-5-22-23-25/h5,7,9-10,13H,1-4,6,8,11-12H2,(H,19,26). The van der Waals surface area contributed by atoms with Crippen LogP contribution in [-0.4, -0.2) is 50.5 Å². The molecular weight excluding hydrogens is 337 g/mol. The van der Waals surface area contributed by atoms with E-state index in [0.717, 1.165) is 19.5 Å². The lowest BCUT2D eigenvalue weighted by Gasteiger charge is -2.53. The smallest absolute Gasteiger partial charge is 0.241 e. The molecule has 8 nitrogen and oxygen atoms in total. The number of aromatic nitrogens is 5. The lowest BCUT2D eigenvalue weighted by Crippen LogP contribution is -2.54. The van der Waals surface area contributed by atoms with Crippen LogP contribution >= 0.6 is 0 Å². The molecule has 1 aliphatic carbocycles. The zero-order valence-corrected chi connectivity index (χ0v) is 14.5.